The van der Waals surface area contributed by atoms with Gasteiger partial charge < -0.3 is 24.8 Å². The molecule has 190 valence electrons. The average Bonchev–Trinajstić information content (AvgIpc) is 3.64. The number of allylic oxidation sites excluding steroid dienone is 8. The van der Waals surface area contributed by atoms with Crippen LogP contribution in [0, 0.1) is 12.2 Å². The fourth-order valence-corrected chi connectivity index (χ4v) is 6.27. The third-order valence-corrected chi connectivity index (χ3v) is 8.75. The zero-order valence-electron chi connectivity index (χ0n) is 22.4. The van der Waals surface area contributed by atoms with Crippen LogP contribution in [0.25, 0.3) is 11.1 Å². The Hall–Kier alpha value is -0.933. The Morgan fingerprint density at radius 1 is 0.639 bits per heavy atom. The Kier molecular flexibility index (Phi) is 18.7. The van der Waals surface area contributed by atoms with Crippen molar-refractivity contribution in [2.45, 2.75) is 78.3 Å². The van der Waals surface area contributed by atoms with Crippen molar-refractivity contribution in [3.63, 3.8) is 0 Å². The molecule has 0 nitrogen and oxygen atoms in total. The molecular formula is C32H40Cl2HfSi. The molecule has 2 aromatic rings. The SMILES string of the molecule is C1CC[SiH2]C1.CCc1ccc(C2=CC[C-]=C2C)cc1.CCc1ccc(C2=CC[C-]=C2C)cc1.[Cl-].[Cl-].[Hf+4]. The average molecular weight is 702 g/mol. The second-order valence-corrected chi connectivity index (χ2v) is 11.2. The summed E-state index contributed by atoms with van der Waals surface area (Å²) >= 11 is 0. The predicted molar refractivity (Wildman–Crippen MR) is 149 cm³/mol. The molecule has 1 fully saturated rings. The van der Waals surface area contributed by atoms with E-state index < -0.39 is 0 Å². The summed E-state index contributed by atoms with van der Waals surface area (Å²) in [4.78, 5) is 0. The molecule has 1 aliphatic heterocycles. The molecule has 1 heterocycles. The third-order valence-electron chi connectivity index (χ3n) is 6.75. The van der Waals surface area contributed by atoms with E-state index in [-0.39, 0.29) is 50.7 Å². The Balaban J connectivity index is 0.000000534. The fourth-order valence-electron chi connectivity index (χ4n) is 4.50. The maximum atomic E-state index is 3.32. The van der Waals surface area contributed by atoms with E-state index in [4.69, 9.17) is 0 Å². The van der Waals surface area contributed by atoms with Crippen LogP contribution >= 0.6 is 0 Å². The molecule has 2 aromatic carbocycles. The van der Waals surface area contributed by atoms with Gasteiger partial charge in [-0.15, -0.1) is 24.0 Å². The second kappa shape index (κ2) is 19.2. The largest absolute Gasteiger partial charge is 4.00 e. The molecule has 0 spiro atoms. The van der Waals surface area contributed by atoms with E-state index in [0.29, 0.717) is 9.52 Å². The van der Waals surface area contributed by atoms with Crippen LogP contribution in [0.15, 0.2) is 71.8 Å². The van der Waals surface area contributed by atoms with Gasteiger partial charge >= 0.3 is 25.8 Å². The maximum absolute atomic E-state index is 3.32. The second-order valence-electron chi connectivity index (χ2n) is 9.12. The van der Waals surface area contributed by atoms with Crippen LogP contribution in [0.4, 0.5) is 0 Å². The summed E-state index contributed by atoms with van der Waals surface area (Å²) in [5.74, 6) is 0. The summed E-state index contributed by atoms with van der Waals surface area (Å²) in [5.41, 5.74) is 10.7. The molecule has 0 atom stereocenters. The zero-order valence-corrected chi connectivity index (χ0v) is 28.9. The molecule has 0 saturated carbocycles. The molecule has 1 saturated heterocycles. The number of halogens is 2. The van der Waals surface area contributed by atoms with Crippen LogP contribution in [-0.4, -0.2) is 9.52 Å². The van der Waals surface area contributed by atoms with E-state index in [1.807, 2.05) is 0 Å². The van der Waals surface area contributed by atoms with Gasteiger partial charge in [0, 0.05) is 9.52 Å². The zero-order chi connectivity index (χ0) is 23.5. The van der Waals surface area contributed by atoms with Crippen molar-refractivity contribution in [2.75, 3.05) is 0 Å². The quantitative estimate of drug-likeness (QED) is 0.340. The van der Waals surface area contributed by atoms with Gasteiger partial charge in [-0.2, -0.15) is 23.3 Å². The van der Waals surface area contributed by atoms with Gasteiger partial charge in [0.25, 0.3) is 0 Å². The van der Waals surface area contributed by atoms with Crippen LogP contribution in [0.1, 0.15) is 75.6 Å². The molecular weight excluding hydrogens is 662 g/mol. The van der Waals surface area contributed by atoms with Gasteiger partial charge in [-0.3, -0.25) is 12.2 Å². The molecule has 0 bridgehead atoms. The van der Waals surface area contributed by atoms with E-state index in [9.17, 15) is 0 Å². The number of rotatable bonds is 4. The van der Waals surface area contributed by atoms with Crippen molar-refractivity contribution in [3.05, 3.63) is 106 Å². The van der Waals surface area contributed by atoms with Gasteiger partial charge in [-0.1, -0.05) is 101 Å². The number of aryl methyl sites for hydroxylation is 2. The Morgan fingerprint density at radius 2 is 1.00 bits per heavy atom. The van der Waals surface area contributed by atoms with Gasteiger partial charge in [-0.05, 0) is 24.0 Å². The minimum atomic E-state index is 0. The van der Waals surface area contributed by atoms with Crippen molar-refractivity contribution >= 4 is 20.7 Å². The van der Waals surface area contributed by atoms with Crippen molar-refractivity contribution in [3.8, 4) is 0 Å². The number of benzene rings is 2. The van der Waals surface area contributed by atoms with Gasteiger partial charge in [0.05, 0.1) is 0 Å². The smallest absolute Gasteiger partial charge is 1.00 e. The van der Waals surface area contributed by atoms with E-state index in [0.717, 1.165) is 25.7 Å². The summed E-state index contributed by atoms with van der Waals surface area (Å²) < 4.78 is 0. The normalized spacial score (nSPS) is 15.2. The Bertz CT molecular complexity index is 924. The predicted octanol–water partition coefficient (Wildman–Crippen LogP) is 2.36. The number of hydrogen-bond donors (Lipinski definition) is 0. The molecule has 0 amide bonds. The first-order valence-corrected chi connectivity index (χ1v) is 14.9. The monoisotopic (exact) mass is 702 g/mol. The topological polar surface area (TPSA) is 0 Å². The molecule has 0 aromatic heterocycles. The fraction of sp³-hybridized carbons (Fsp3) is 0.375. The molecule has 3 aliphatic rings. The first-order chi connectivity index (χ1) is 16.1. The van der Waals surface area contributed by atoms with Crippen LogP contribution in [0.2, 0.25) is 12.1 Å². The van der Waals surface area contributed by atoms with Crippen LogP contribution in [-0.2, 0) is 38.7 Å². The van der Waals surface area contributed by atoms with Crippen molar-refractivity contribution in [1.29, 1.82) is 0 Å². The first-order valence-electron chi connectivity index (χ1n) is 12.9. The number of hydrogen-bond acceptors (Lipinski definition) is 0. The summed E-state index contributed by atoms with van der Waals surface area (Å²) in [6, 6.07) is 21.0. The molecule has 0 unspecified atom stereocenters. The standard InChI is InChI=1S/2C14H15.C4H10Si.2ClH.Hf/c2*1-3-12-7-9-13(10-8-12)14-6-4-5-11(14)2;1-2-4-5-3-1;;;/h2*6-10H,3-4H2,1-2H3;1-5H2;2*1H;/q2*-1;;;;+4/p-2. The van der Waals surface area contributed by atoms with E-state index in [2.05, 4.69) is 101 Å². The minimum absolute atomic E-state index is 0. The van der Waals surface area contributed by atoms with E-state index in [1.54, 1.807) is 24.9 Å². The van der Waals surface area contributed by atoms with Crippen LogP contribution in [0.5, 0.6) is 0 Å². The summed E-state index contributed by atoms with van der Waals surface area (Å²) in [6.07, 6.45) is 18.4. The molecule has 2 aliphatic carbocycles. The van der Waals surface area contributed by atoms with Gasteiger partial charge in [0.15, 0.2) is 0 Å². The molecule has 0 radical (unpaired) electrons. The van der Waals surface area contributed by atoms with Gasteiger partial charge in [0.2, 0.25) is 0 Å². The van der Waals surface area contributed by atoms with Crippen molar-refractivity contribution < 1.29 is 50.7 Å². The molecule has 5 rings (SSSR count). The Labute approximate surface area is 254 Å². The van der Waals surface area contributed by atoms with Gasteiger partial charge in [-0.25, -0.2) is 11.1 Å². The Morgan fingerprint density at radius 3 is 1.22 bits per heavy atom. The van der Waals surface area contributed by atoms with E-state index in [1.165, 1.54) is 44.5 Å². The summed E-state index contributed by atoms with van der Waals surface area (Å²) in [7, 11) is 0.543. The summed E-state index contributed by atoms with van der Waals surface area (Å²) in [5, 5.41) is 0. The van der Waals surface area contributed by atoms with Crippen LogP contribution < -0.4 is 24.8 Å². The molecule has 36 heavy (non-hydrogen) atoms. The summed E-state index contributed by atoms with van der Waals surface area (Å²) in [6.45, 7) is 8.63. The molecule has 0 N–H and O–H groups in total. The third kappa shape index (κ3) is 10.8. The van der Waals surface area contributed by atoms with Crippen molar-refractivity contribution in [1.82, 2.24) is 0 Å². The molecule has 4 heteroatoms. The van der Waals surface area contributed by atoms with Crippen LogP contribution in [0.3, 0.4) is 0 Å². The maximum Gasteiger partial charge on any atom is 4.00 e. The van der Waals surface area contributed by atoms with E-state index >= 15 is 0 Å². The van der Waals surface area contributed by atoms with Crippen molar-refractivity contribution in [2.24, 2.45) is 0 Å². The minimum Gasteiger partial charge on any atom is -1.00 e. The first kappa shape index (κ1) is 35.1. The van der Waals surface area contributed by atoms with Gasteiger partial charge in [0.1, 0.15) is 0 Å².